The molecule has 1 fully saturated rings. The fraction of sp³-hybridized carbons (Fsp3) is 0.643. The van der Waals surface area contributed by atoms with E-state index in [-0.39, 0.29) is 17.3 Å². The van der Waals surface area contributed by atoms with Crippen molar-refractivity contribution in [2.75, 3.05) is 17.6 Å². The van der Waals surface area contributed by atoms with Crippen LogP contribution in [0.15, 0.2) is 6.33 Å². The molecule has 4 N–H and O–H groups in total. The molecule has 0 atom stereocenters. The number of nitrogens with zero attached hydrogens (tertiary/aromatic N) is 2. The van der Waals surface area contributed by atoms with Gasteiger partial charge in [-0.05, 0) is 39.5 Å². The van der Waals surface area contributed by atoms with Gasteiger partial charge >= 0.3 is 6.09 Å². The number of hydrogen-bond donors (Lipinski definition) is 3. The lowest BCUT2D eigenvalue weighted by Gasteiger charge is -2.36. The molecule has 0 unspecified atom stereocenters. The number of aromatic nitrogens is 2. The molecule has 0 saturated heterocycles. The Kier molecular flexibility index (Phi) is 4.95. The number of halogens is 1. The predicted molar refractivity (Wildman–Crippen MR) is 85.8 cm³/mol. The second kappa shape index (κ2) is 6.56. The molecule has 1 aromatic heterocycles. The summed E-state index contributed by atoms with van der Waals surface area (Å²) in [5, 5.41) is 6.27. The zero-order valence-corrected chi connectivity index (χ0v) is 13.8. The van der Waals surface area contributed by atoms with Gasteiger partial charge in [0.2, 0.25) is 0 Å². The van der Waals surface area contributed by atoms with Gasteiger partial charge in [0.05, 0.1) is 0 Å². The van der Waals surface area contributed by atoms with Crippen LogP contribution >= 0.6 is 11.6 Å². The van der Waals surface area contributed by atoms with Crippen LogP contribution in [-0.4, -0.2) is 34.2 Å². The van der Waals surface area contributed by atoms with Crippen LogP contribution < -0.4 is 16.4 Å². The van der Waals surface area contributed by atoms with Crippen molar-refractivity contribution >= 4 is 29.2 Å². The highest BCUT2D eigenvalue weighted by molar-refractivity contribution is 6.32. The van der Waals surface area contributed by atoms with Gasteiger partial charge in [-0.25, -0.2) is 14.8 Å². The number of carbonyl (C=O) groups excluding carboxylic acids is 1. The molecule has 1 aromatic rings. The predicted octanol–water partition coefficient (Wildman–Crippen LogP) is 2.43. The first kappa shape index (κ1) is 16.6. The zero-order chi connectivity index (χ0) is 16.3. The molecule has 1 heterocycles. The molecule has 122 valence electrons. The largest absolute Gasteiger partial charge is 0.444 e. The summed E-state index contributed by atoms with van der Waals surface area (Å²) in [5.74, 6) is 0.979. The van der Waals surface area contributed by atoms with Gasteiger partial charge in [-0.3, -0.25) is 0 Å². The van der Waals surface area contributed by atoms with E-state index in [0.29, 0.717) is 24.0 Å². The number of anilines is 2. The molecule has 22 heavy (non-hydrogen) atoms. The first-order valence-corrected chi connectivity index (χ1v) is 7.62. The molecule has 1 amide bonds. The van der Waals surface area contributed by atoms with Crippen molar-refractivity contribution < 1.29 is 9.53 Å². The van der Waals surface area contributed by atoms with Gasteiger partial charge in [-0.1, -0.05) is 11.6 Å². The highest BCUT2D eigenvalue weighted by Crippen LogP contribution is 2.31. The molecule has 0 bridgehead atoms. The number of nitrogens with two attached hydrogens (primary N) is 1. The van der Waals surface area contributed by atoms with Gasteiger partial charge in [-0.15, -0.1) is 0 Å². The van der Waals surface area contributed by atoms with E-state index in [1.807, 2.05) is 20.8 Å². The Hall–Kier alpha value is -1.76. The minimum atomic E-state index is -0.475. The van der Waals surface area contributed by atoms with Crippen LogP contribution in [0.5, 0.6) is 0 Å². The van der Waals surface area contributed by atoms with Crippen molar-refractivity contribution in [3.8, 4) is 0 Å². The number of hydrogen-bond acceptors (Lipinski definition) is 6. The molecule has 2 rings (SSSR count). The highest BCUT2D eigenvalue weighted by Gasteiger charge is 2.30. The molecule has 0 aromatic carbocycles. The van der Waals surface area contributed by atoms with Crippen molar-refractivity contribution in [2.24, 2.45) is 5.92 Å². The summed E-state index contributed by atoms with van der Waals surface area (Å²) in [6.45, 7) is 6.13. The minimum absolute atomic E-state index is 0.250. The van der Waals surface area contributed by atoms with Crippen LogP contribution in [0.2, 0.25) is 5.15 Å². The van der Waals surface area contributed by atoms with Crippen molar-refractivity contribution in [3.63, 3.8) is 0 Å². The SMILES string of the molecule is CC(C)(C)OC(=O)NCC1CC(Nc2ncnc(Cl)c2N)C1. The number of rotatable bonds is 4. The van der Waals surface area contributed by atoms with Crippen molar-refractivity contribution in [2.45, 2.75) is 45.3 Å². The average molecular weight is 328 g/mol. The number of amides is 1. The number of carbonyl (C=O) groups is 1. The Morgan fingerprint density at radius 1 is 1.45 bits per heavy atom. The molecular weight excluding hydrogens is 306 g/mol. The van der Waals surface area contributed by atoms with Gasteiger partial charge in [0, 0.05) is 12.6 Å². The summed E-state index contributed by atoms with van der Waals surface area (Å²) >= 11 is 5.85. The molecule has 0 aliphatic heterocycles. The minimum Gasteiger partial charge on any atom is -0.444 e. The third-order valence-electron chi connectivity index (χ3n) is 3.35. The number of ether oxygens (including phenoxy) is 1. The van der Waals surface area contributed by atoms with E-state index < -0.39 is 5.60 Å². The van der Waals surface area contributed by atoms with Crippen molar-refractivity contribution in [1.82, 2.24) is 15.3 Å². The Balaban J connectivity index is 1.70. The van der Waals surface area contributed by atoms with Gasteiger partial charge in [-0.2, -0.15) is 0 Å². The van der Waals surface area contributed by atoms with Crippen molar-refractivity contribution in [1.29, 1.82) is 0 Å². The molecular formula is C14H22ClN5O2. The second-order valence-corrected chi connectivity index (χ2v) is 6.85. The molecule has 7 nitrogen and oxygen atoms in total. The maximum atomic E-state index is 11.6. The number of alkyl carbamates (subject to hydrolysis) is 1. The van der Waals surface area contributed by atoms with Gasteiger partial charge in [0.15, 0.2) is 11.0 Å². The van der Waals surface area contributed by atoms with Crippen LogP contribution in [0.3, 0.4) is 0 Å². The Bertz CT molecular complexity index is 541. The summed E-state index contributed by atoms with van der Waals surface area (Å²) < 4.78 is 5.19. The Morgan fingerprint density at radius 2 is 2.14 bits per heavy atom. The summed E-state index contributed by atoms with van der Waals surface area (Å²) in [4.78, 5) is 19.5. The quantitative estimate of drug-likeness (QED) is 0.734. The van der Waals surface area contributed by atoms with E-state index in [9.17, 15) is 4.79 Å². The second-order valence-electron chi connectivity index (χ2n) is 6.49. The van der Waals surface area contributed by atoms with Gasteiger partial charge in [0.1, 0.15) is 17.6 Å². The van der Waals surface area contributed by atoms with Gasteiger partial charge < -0.3 is 21.1 Å². The molecule has 1 aliphatic rings. The molecule has 1 aliphatic carbocycles. The van der Waals surface area contributed by atoms with E-state index in [1.54, 1.807) is 0 Å². The fourth-order valence-corrected chi connectivity index (χ4v) is 2.38. The lowest BCUT2D eigenvalue weighted by molar-refractivity contribution is 0.0508. The number of nitrogen functional groups attached to an aromatic ring is 1. The average Bonchev–Trinajstić information content (AvgIpc) is 2.34. The van der Waals surface area contributed by atoms with E-state index in [2.05, 4.69) is 20.6 Å². The van der Waals surface area contributed by atoms with Crippen LogP contribution in [0.25, 0.3) is 0 Å². The van der Waals surface area contributed by atoms with Crippen LogP contribution in [0, 0.1) is 5.92 Å². The van der Waals surface area contributed by atoms with Gasteiger partial charge in [0.25, 0.3) is 0 Å². The van der Waals surface area contributed by atoms with Crippen LogP contribution in [0.1, 0.15) is 33.6 Å². The van der Waals surface area contributed by atoms with E-state index in [0.717, 1.165) is 12.8 Å². The maximum Gasteiger partial charge on any atom is 0.407 e. The van der Waals surface area contributed by atoms with Crippen LogP contribution in [-0.2, 0) is 4.74 Å². The molecule has 1 saturated carbocycles. The molecule has 0 spiro atoms. The maximum absolute atomic E-state index is 11.6. The summed E-state index contributed by atoms with van der Waals surface area (Å²) in [7, 11) is 0. The topological polar surface area (TPSA) is 102 Å². The first-order valence-electron chi connectivity index (χ1n) is 7.24. The Morgan fingerprint density at radius 3 is 2.77 bits per heavy atom. The summed E-state index contributed by atoms with van der Waals surface area (Å²) in [6, 6.07) is 0.277. The Labute approximate surface area is 135 Å². The van der Waals surface area contributed by atoms with Crippen LogP contribution in [0.4, 0.5) is 16.3 Å². The summed E-state index contributed by atoms with van der Waals surface area (Å²) in [6.07, 6.45) is 2.85. The van der Waals surface area contributed by atoms with E-state index >= 15 is 0 Å². The number of nitrogens with one attached hydrogen (secondary N) is 2. The lowest BCUT2D eigenvalue weighted by Crippen LogP contribution is -2.43. The molecule has 0 radical (unpaired) electrons. The van der Waals surface area contributed by atoms with E-state index in [1.165, 1.54) is 6.33 Å². The van der Waals surface area contributed by atoms with E-state index in [4.69, 9.17) is 22.1 Å². The fourth-order valence-electron chi connectivity index (χ4n) is 2.24. The lowest BCUT2D eigenvalue weighted by atomic mass is 9.80. The summed E-state index contributed by atoms with van der Waals surface area (Å²) in [5.41, 5.74) is 5.69. The third kappa shape index (κ3) is 4.62. The molecule has 8 heteroatoms. The highest BCUT2D eigenvalue weighted by atomic mass is 35.5. The normalized spacial score (nSPS) is 20.9. The first-order chi connectivity index (χ1) is 10.2. The standard InChI is InChI=1S/C14H22ClN5O2/c1-14(2,3)22-13(21)17-6-8-4-9(5-8)20-12-10(16)11(15)18-7-19-12/h7-9H,4-6,16H2,1-3H3,(H,17,21)(H,18,19,20). The monoisotopic (exact) mass is 327 g/mol. The van der Waals surface area contributed by atoms with Crippen molar-refractivity contribution in [3.05, 3.63) is 11.5 Å². The third-order valence-corrected chi connectivity index (χ3v) is 3.65. The smallest absolute Gasteiger partial charge is 0.407 e. The zero-order valence-electron chi connectivity index (χ0n) is 13.0.